The van der Waals surface area contributed by atoms with Crippen molar-refractivity contribution in [2.75, 3.05) is 13.1 Å². The van der Waals surface area contributed by atoms with Gasteiger partial charge >= 0.3 is 0 Å². The number of hydrogen-bond donors (Lipinski definition) is 1. The highest BCUT2D eigenvalue weighted by Gasteiger charge is 2.31. The minimum atomic E-state index is 0.489. The van der Waals surface area contributed by atoms with Crippen LogP contribution in [0.4, 0.5) is 0 Å². The van der Waals surface area contributed by atoms with Crippen molar-refractivity contribution in [1.29, 1.82) is 0 Å². The quantitative estimate of drug-likeness (QED) is 0.518. The van der Waals surface area contributed by atoms with Gasteiger partial charge in [-0.2, -0.15) is 0 Å². The first-order chi connectivity index (χ1) is 6.16. The van der Waals surface area contributed by atoms with Gasteiger partial charge in [0.1, 0.15) is 0 Å². The van der Waals surface area contributed by atoms with Gasteiger partial charge in [-0.1, -0.05) is 0 Å². The molecule has 13 heavy (non-hydrogen) atoms. The van der Waals surface area contributed by atoms with Crippen molar-refractivity contribution in [2.45, 2.75) is 38.8 Å². The highest BCUT2D eigenvalue weighted by molar-refractivity contribution is 5.85. The summed E-state index contributed by atoms with van der Waals surface area (Å²) in [5, 5.41) is 0. The molecule has 1 saturated heterocycles. The zero-order valence-electron chi connectivity index (χ0n) is 8.53. The van der Waals surface area contributed by atoms with Crippen molar-refractivity contribution in [3.8, 4) is 0 Å². The summed E-state index contributed by atoms with van der Waals surface area (Å²) in [7, 11) is 0. The molecule has 2 rings (SSSR count). The van der Waals surface area contributed by atoms with Crippen molar-refractivity contribution in [2.24, 2.45) is 16.6 Å². The number of nitrogens with zero attached hydrogens (tertiary/aromatic N) is 2. The van der Waals surface area contributed by atoms with Crippen LogP contribution in [0.2, 0.25) is 0 Å². The lowest BCUT2D eigenvalue weighted by molar-refractivity contribution is 0.113. The third-order valence-corrected chi connectivity index (χ3v) is 2.95. The summed E-state index contributed by atoms with van der Waals surface area (Å²) in [6, 6.07) is 1.15. The van der Waals surface area contributed by atoms with Gasteiger partial charge in [0, 0.05) is 25.0 Å². The molecular formula is C10H19N3. The normalized spacial score (nSPS) is 26.5. The van der Waals surface area contributed by atoms with Crippen LogP contribution in [0.25, 0.3) is 0 Å². The van der Waals surface area contributed by atoms with E-state index in [0.717, 1.165) is 18.9 Å². The predicted molar refractivity (Wildman–Crippen MR) is 54.8 cm³/mol. The summed E-state index contributed by atoms with van der Waals surface area (Å²) in [4.78, 5) is 6.95. The van der Waals surface area contributed by atoms with Crippen LogP contribution in [0.15, 0.2) is 4.99 Å². The number of hydrogen-bond acceptors (Lipinski definition) is 2. The number of aliphatic imine (C=N–C) groups is 1. The van der Waals surface area contributed by atoms with E-state index in [4.69, 9.17) is 5.73 Å². The molecule has 1 aliphatic carbocycles. The van der Waals surface area contributed by atoms with Gasteiger partial charge in [0.25, 0.3) is 0 Å². The first-order valence-electron chi connectivity index (χ1n) is 5.24. The molecule has 0 unspecified atom stereocenters. The molecule has 0 aromatic carbocycles. The molecule has 3 heteroatoms. The van der Waals surface area contributed by atoms with E-state index in [9.17, 15) is 0 Å². The van der Waals surface area contributed by atoms with Gasteiger partial charge in [-0.15, -0.1) is 0 Å². The van der Waals surface area contributed by atoms with Crippen LogP contribution in [-0.4, -0.2) is 35.9 Å². The molecule has 0 radical (unpaired) electrons. The second kappa shape index (κ2) is 3.29. The number of amidine groups is 1. The Kier molecular flexibility index (Phi) is 2.28. The Morgan fingerprint density at radius 1 is 1.38 bits per heavy atom. The van der Waals surface area contributed by atoms with E-state index in [1.54, 1.807) is 0 Å². The molecule has 1 saturated carbocycles. The molecule has 0 aromatic rings. The highest BCUT2D eigenvalue weighted by atomic mass is 15.2. The molecule has 0 spiro atoms. The summed E-state index contributed by atoms with van der Waals surface area (Å²) in [5.74, 6) is 1.54. The Morgan fingerprint density at radius 3 is 2.46 bits per heavy atom. The maximum Gasteiger partial charge on any atom is 0.0973 e. The minimum Gasteiger partial charge on any atom is -0.387 e. The second-order valence-electron chi connectivity index (χ2n) is 4.53. The molecule has 2 N–H and O–H groups in total. The fourth-order valence-electron chi connectivity index (χ4n) is 1.69. The number of likely N-dealkylation sites (tertiary alicyclic amines) is 1. The van der Waals surface area contributed by atoms with Gasteiger partial charge in [0.2, 0.25) is 0 Å². The molecule has 1 heterocycles. The maximum atomic E-state index is 5.84. The molecule has 0 amide bonds. The Balaban J connectivity index is 1.76. The summed E-state index contributed by atoms with van der Waals surface area (Å²) in [6.07, 6.45) is 2.52. The zero-order chi connectivity index (χ0) is 9.42. The summed E-state index contributed by atoms with van der Waals surface area (Å²) < 4.78 is 0. The van der Waals surface area contributed by atoms with Crippen LogP contribution >= 0.6 is 0 Å². The number of nitrogens with two attached hydrogens (primary N) is 1. The molecule has 3 nitrogen and oxygen atoms in total. The largest absolute Gasteiger partial charge is 0.387 e. The van der Waals surface area contributed by atoms with Crippen molar-refractivity contribution < 1.29 is 0 Å². The van der Waals surface area contributed by atoms with E-state index in [0.29, 0.717) is 18.0 Å². The molecule has 1 aliphatic heterocycles. The smallest absolute Gasteiger partial charge is 0.0973 e. The Morgan fingerprint density at radius 2 is 2.00 bits per heavy atom. The van der Waals surface area contributed by atoms with Gasteiger partial charge in [-0.25, -0.2) is 0 Å². The highest BCUT2D eigenvalue weighted by Crippen LogP contribution is 2.29. The SMILES string of the molecule is CC(C)N1CC(N=C(N)C2CC2)C1. The lowest BCUT2D eigenvalue weighted by Gasteiger charge is -2.40. The molecule has 74 valence electrons. The summed E-state index contributed by atoms with van der Waals surface area (Å²) >= 11 is 0. The van der Waals surface area contributed by atoms with E-state index < -0.39 is 0 Å². The van der Waals surface area contributed by atoms with Crippen LogP contribution in [0.5, 0.6) is 0 Å². The van der Waals surface area contributed by atoms with Crippen molar-refractivity contribution in [1.82, 2.24) is 4.90 Å². The first-order valence-corrected chi connectivity index (χ1v) is 5.24. The van der Waals surface area contributed by atoms with E-state index in [1.165, 1.54) is 12.8 Å². The van der Waals surface area contributed by atoms with Crippen LogP contribution in [0.3, 0.4) is 0 Å². The Labute approximate surface area is 80.0 Å². The topological polar surface area (TPSA) is 41.6 Å². The monoisotopic (exact) mass is 181 g/mol. The second-order valence-corrected chi connectivity index (χ2v) is 4.53. The van der Waals surface area contributed by atoms with E-state index in [1.807, 2.05) is 0 Å². The zero-order valence-corrected chi connectivity index (χ0v) is 8.53. The van der Waals surface area contributed by atoms with E-state index in [2.05, 4.69) is 23.7 Å². The molecule has 0 aromatic heterocycles. The van der Waals surface area contributed by atoms with E-state index in [-0.39, 0.29) is 0 Å². The molecular weight excluding hydrogens is 162 g/mol. The molecule has 0 atom stereocenters. The van der Waals surface area contributed by atoms with Gasteiger partial charge in [-0.3, -0.25) is 9.89 Å². The predicted octanol–water partition coefficient (Wildman–Crippen LogP) is 0.846. The van der Waals surface area contributed by atoms with Gasteiger partial charge in [0.05, 0.1) is 11.9 Å². The third kappa shape index (κ3) is 2.02. The van der Waals surface area contributed by atoms with Crippen LogP contribution < -0.4 is 5.73 Å². The van der Waals surface area contributed by atoms with Crippen molar-refractivity contribution in [3.63, 3.8) is 0 Å². The van der Waals surface area contributed by atoms with Crippen molar-refractivity contribution >= 4 is 5.84 Å². The van der Waals surface area contributed by atoms with Gasteiger partial charge in [-0.05, 0) is 26.7 Å². The lowest BCUT2D eigenvalue weighted by atomic mass is 10.1. The fourth-order valence-corrected chi connectivity index (χ4v) is 1.69. The average Bonchev–Trinajstić information content (AvgIpc) is 2.75. The maximum absolute atomic E-state index is 5.84. The average molecular weight is 181 g/mol. The first kappa shape index (κ1) is 9.00. The Bertz CT molecular complexity index is 212. The van der Waals surface area contributed by atoms with Gasteiger partial charge in [0.15, 0.2) is 0 Å². The minimum absolute atomic E-state index is 0.489. The van der Waals surface area contributed by atoms with Crippen LogP contribution in [0.1, 0.15) is 26.7 Å². The van der Waals surface area contributed by atoms with Crippen LogP contribution in [-0.2, 0) is 0 Å². The van der Waals surface area contributed by atoms with Gasteiger partial charge < -0.3 is 5.73 Å². The summed E-state index contributed by atoms with van der Waals surface area (Å²) in [5.41, 5.74) is 5.84. The summed E-state index contributed by atoms with van der Waals surface area (Å²) in [6.45, 7) is 6.66. The molecule has 2 fully saturated rings. The molecule has 2 aliphatic rings. The fraction of sp³-hybridized carbons (Fsp3) is 0.900. The standard InChI is InChI=1S/C10H19N3/c1-7(2)13-5-9(6-13)12-10(11)8-3-4-8/h7-9H,3-6H2,1-2H3,(H2,11,12). The third-order valence-electron chi connectivity index (χ3n) is 2.95. The van der Waals surface area contributed by atoms with Crippen molar-refractivity contribution in [3.05, 3.63) is 0 Å². The number of rotatable bonds is 3. The Hall–Kier alpha value is -0.570. The van der Waals surface area contributed by atoms with Crippen LogP contribution in [0, 0.1) is 5.92 Å². The lowest BCUT2D eigenvalue weighted by Crippen LogP contribution is -2.53. The molecule has 0 bridgehead atoms. The van der Waals surface area contributed by atoms with E-state index >= 15 is 0 Å².